The van der Waals surface area contributed by atoms with Gasteiger partial charge in [-0.1, -0.05) is 6.07 Å². The molecule has 1 aromatic rings. The molecule has 0 aliphatic carbocycles. The first-order chi connectivity index (χ1) is 10.8. The number of methoxy groups -OCH3 is 2. The van der Waals surface area contributed by atoms with E-state index >= 15 is 0 Å². The Morgan fingerprint density at radius 1 is 1.17 bits per heavy atom. The maximum atomic E-state index is 12.0. The summed E-state index contributed by atoms with van der Waals surface area (Å²) in [5.41, 5.74) is 1.10. The Morgan fingerprint density at radius 2 is 1.83 bits per heavy atom. The monoisotopic (exact) mass is 322 g/mol. The highest BCUT2D eigenvalue weighted by Gasteiger charge is 2.20. The number of aryl methyl sites for hydroxylation is 1. The zero-order valence-corrected chi connectivity index (χ0v) is 15.2. The van der Waals surface area contributed by atoms with Gasteiger partial charge in [-0.3, -0.25) is 4.79 Å². The van der Waals surface area contributed by atoms with Gasteiger partial charge in [-0.05, 0) is 58.5 Å². The van der Waals surface area contributed by atoms with E-state index in [0.717, 1.165) is 29.9 Å². The van der Waals surface area contributed by atoms with Gasteiger partial charge in [0.1, 0.15) is 0 Å². The fourth-order valence-corrected chi connectivity index (χ4v) is 2.05. The molecule has 1 rings (SSSR count). The lowest BCUT2D eigenvalue weighted by Gasteiger charge is -2.32. The van der Waals surface area contributed by atoms with Crippen molar-refractivity contribution in [3.8, 4) is 11.5 Å². The second-order valence-corrected chi connectivity index (χ2v) is 6.53. The number of carbonyl (C=O) groups is 1. The van der Waals surface area contributed by atoms with E-state index in [1.807, 2.05) is 32.3 Å². The average Bonchev–Trinajstić information content (AvgIpc) is 2.52. The van der Waals surface area contributed by atoms with Gasteiger partial charge in [-0.15, -0.1) is 0 Å². The molecule has 0 atom stereocenters. The van der Waals surface area contributed by atoms with Gasteiger partial charge in [0.15, 0.2) is 11.5 Å². The van der Waals surface area contributed by atoms with E-state index in [2.05, 4.69) is 24.1 Å². The number of nitrogens with zero attached hydrogens (tertiary/aromatic N) is 1. The molecule has 1 aromatic carbocycles. The summed E-state index contributed by atoms with van der Waals surface area (Å²) < 4.78 is 10.5. The van der Waals surface area contributed by atoms with E-state index < -0.39 is 0 Å². The Kier molecular flexibility index (Phi) is 7.36. The van der Waals surface area contributed by atoms with Crippen LogP contribution in [0.4, 0.5) is 0 Å². The fraction of sp³-hybridized carbons (Fsp3) is 0.611. The maximum Gasteiger partial charge on any atom is 0.220 e. The molecular formula is C18H30N2O3. The van der Waals surface area contributed by atoms with Crippen molar-refractivity contribution in [2.45, 2.75) is 38.6 Å². The van der Waals surface area contributed by atoms with Crippen LogP contribution in [0.15, 0.2) is 18.2 Å². The molecular weight excluding hydrogens is 292 g/mol. The Bertz CT molecular complexity index is 513. The number of ether oxygens (including phenoxy) is 2. The summed E-state index contributed by atoms with van der Waals surface area (Å²) in [7, 11) is 7.28. The van der Waals surface area contributed by atoms with Crippen LogP contribution >= 0.6 is 0 Å². The highest BCUT2D eigenvalue weighted by atomic mass is 16.5. The van der Waals surface area contributed by atoms with E-state index in [9.17, 15) is 4.79 Å². The third-order valence-electron chi connectivity index (χ3n) is 4.25. The smallest absolute Gasteiger partial charge is 0.220 e. The van der Waals surface area contributed by atoms with Gasteiger partial charge in [-0.25, -0.2) is 0 Å². The number of hydrogen-bond acceptors (Lipinski definition) is 4. The zero-order valence-electron chi connectivity index (χ0n) is 15.2. The molecule has 0 bridgehead atoms. The molecule has 0 saturated heterocycles. The molecule has 0 aliphatic rings. The summed E-state index contributed by atoms with van der Waals surface area (Å²) >= 11 is 0. The largest absolute Gasteiger partial charge is 0.493 e. The Morgan fingerprint density at radius 3 is 2.39 bits per heavy atom. The van der Waals surface area contributed by atoms with Gasteiger partial charge < -0.3 is 19.7 Å². The first-order valence-corrected chi connectivity index (χ1v) is 7.95. The standard InChI is InChI=1S/C18H30N2O3/c1-18(2,20(3)4)13-19-17(21)9-7-8-14-10-11-15(22-5)16(12-14)23-6/h10-12H,7-9,13H2,1-6H3,(H,19,21). The summed E-state index contributed by atoms with van der Waals surface area (Å²) in [6.45, 7) is 4.86. The van der Waals surface area contributed by atoms with Crippen LogP contribution in [0, 0.1) is 0 Å². The molecule has 0 unspecified atom stereocenters. The molecule has 5 nitrogen and oxygen atoms in total. The molecule has 0 heterocycles. The number of rotatable bonds is 9. The Hall–Kier alpha value is -1.75. The fourth-order valence-electron chi connectivity index (χ4n) is 2.05. The summed E-state index contributed by atoms with van der Waals surface area (Å²) in [6.07, 6.45) is 2.17. The molecule has 0 fully saturated rings. The van der Waals surface area contributed by atoms with Gasteiger partial charge in [0.25, 0.3) is 0 Å². The summed E-state index contributed by atoms with van der Waals surface area (Å²) in [4.78, 5) is 14.1. The van der Waals surface area contributed by atoms with E-state index in [1.165, 1.54) is 0 Å². The molecule has 130 valence electrons. The Labute approximate surface area is 140 Å². The quantitative estimate of drug-likeness (QED) is 0.759. The van der Waals surface area contributed by atoms with E-state index in [0.29, 0.717) is 13.0 Å². The molecule has 0 spiro atoms. The van der Waals surface area contributed by atoms with Crippen LogP contribution in [0.3, 0.4) is 0 Å². The maximum absolute atomic E-state index is 12.0. The van der Waals surface area contributed by atoms with Crippen LogP contribution in [0.2, 0.25) is 0 Å². The highest BCUT2D eigenvalue weighted by Crippen LogP contribution is 2.28. The molecule has 0 aliphatic heterocycles. The minimum Gasteiger partial charge on any atom is -0.493 e. The van der Waals surface area contributed by atoms with Crippen LogP contribution in [0.5, 0.6) is 11.5 Å². The number of hydrogen-bond donors (Lipinski definition) is 1. The lowest BCUT2D eigenvalue weighted by molar-refractivity contribution is -0.121. The van der Waals surface area contributed by atoms with Crippen LogP contribution < -0.4 is 14.8 Å². The number of amides is 1. The SMILES string of the molecule is COc1ccc(CCCC(=O)NCC(C)(C)N(C)C)cc1OC. The van der Waals surface area contributed by atoms with E-state index in [1.54, 1.807) is 14.2 Å². The van der Waals surface area contributed by atoms with Gasteiger partial charge in [-0.2, -0.15) is 0 Å². The minimum absolute atomic E-state index is 0.0426. The number of benzene rings is 1. The third-order valence-corrected chi connectivity index (χ3v) is 4.25. The minimum atomic E-state index is -0.0426. The zero-order chi connectivity index (χ0) is 17.5. The first-order valence-electron chi connectivity index (χ1n) is 7.95. The predicted molar refractivity (Wildman–Crippen MR) is 93.3 cm³/mol. The van der Waals surface area contributed by atoms with Gasteiger partial charge >= 0.3 is 0 Å². The molecule has 0 aromatic heterocycles. The van der Waals surface area contributed by atoms with E-state index in [4.69, 9.17) is 9.47 Å². The van der Waals surface area contributed by atoms with Crippen LogP contribution in [-0.2, 0) is 11.2 Å². The highest BCUT2D eigenvalue weighted by molar-refractivity contribution is 5.75. The predicted octanol–water partition coefficient (Wildman–Crippen LogP) is 2.48. The van der Waals surface area contributed by atoms with Crippen molar-refractivity contribution >= 4 is 5.91 Å². The topological polar surface area (TPSA) is 50.8 Å². The van der Waals surface area contributed by atoms with Crippen molar-refractivity contribution in [2.24, 2.45) is 0 Å². The van der Waals surface area contributed by atoms with Crippen molar-refractivity contribution in [3.05, 3.63) is 23.8 Å². The van der Waals surface area contributed by atoms with Crippen molar-refractivity contribution in [1.29, 1.82) is 0 Å². The second-order valence-electron chi connectivity index (χ2n) is 6.53. The van der Waals surface area contributed by atoms with Crippen LogP contribution in [0.1, 0.15) is 32.3 Å². The number of likely N-dealkylation sites (N-methyl/N-ethyl adjacent to an activating group) is 1. The number of carbonyl (C=O) groups excluding carboxylic acids is 1. The normalized spacial score (nSPS) is 11.4. The van der Waals surface area contributed by atoms with Crippen molar-refractivity contribution in [2.75, 3.05) is 34.9 Å². The second kappa shape index (κ2) is 8.77. The first kappa shape index (κ1) is 19.3. The summed E-state index contributed by atoms with van der Waals surface area (Å²) in [5, 5.41) is 3.01. The molecule has 23 heavy (non-hydrogen) atoms. The molecule has 1 amide bonds. The van der Waals surface area contributed by atoms with Crippen LogP contribution in [0.25, 0.3) is 0 Å². The van der Waals surface area contributed by atoms with E-state index in [-0.39, 0.29) is 11.4 Å². The van der Waals surface area contributed by atoms with Crippen molar-refractivity contribution in [1.82, 2.24) is 10.2 Å². The van der Waals surface area contributed by atoms with Crippen molar-refractivity contribution in [3.63, 3.8) is 0 Å². The van der Waals surface area contributed by atoms with Crippen molar-refractivity contribution < 1.29 is 14.3 Å². The van der Waals surface area contributed by atoms with Gasteiger partial charge in [0.2, 0.25) is 5.91 Å². The average molecular weight is 322 g/mol. The van der Waals surface area contributed by atoms with Gasteiger partial charge in [0.05, 0.1) is 14.2 Å². The summed E-state index contributed by atoms with van der Waals surface area (Å²) in [6, 6.07) is 5.87. The Balaban J connectivity index is 2.41. The molecule has 1 N–H and O–H groups in total. The summed E-state index contributed by atoms with van der Waals surface area (Å²) in [5.74, 6) is 1.54. The molecule has 5 heteroatoms. The third kappa shape index (κ3) is 6.10. The molecule has 0 saturated carbocycles. The lowest BCUT2D eigenvalue weighted by Crippen LogP contribution is -2.48. The molecule has 0 radical (unpaired) electrons. The van der Waals surface area contributed by atoms with Crippen LogP contribution in [-0.4, -0.2) is 51.2 Å². The van der Waals surface area contributed by atoms with Gasteiger partial charge in [0, 0.05) is 18.5 Å². The number of nitrogens with one attached hydrogen (secondary N) is 1. The lowest BCUT2D eigenvalue weighted by atomic mass is 10.0.